The number of nitrogens with zero attached hydrogens (tertiary/aromatic N) is 3. The van der Waals surface area contributed by atoms with Gasteiger partial charge in [0.15, 0.2) is 11.5 Å². The second-order valence-electron chi connectivity index (χ2n) is 5.62. The maximum absolute atomic E-state index is 11.2. The van der Waals surface area contributed by atoms with Crippen LogP contribution < -0.4 is 14.8 Å². The number of hydrogen-bond donors (Lipinski definition) is 1. The predicted octanol–water partition coefficient (Wildman–Crippen LogP) is 3.46. The average Bonchev–Trinajstić information content (AvgIpc) is 3.32. The van der Waals surface area contributed by atoms with E-state index >= 15 is 0 Å². The third kappa shape index (κ3) is 3.11. The lowest BCUT2D eigenvalue weighted by atomic mass is 10.2. The molecule has 1 aliphatic rings. The molecule has 4 rings (SSSR count). The molecule has 3 aromatic rings. The summed E-state index contributed by atoms with van der Waals surface area (Å²) in [6.07, 6.45) is 0. The summed E-state index contributed by atoms with van der Waals surface area (Å²) >= 11 is 0. The Balaban J connectivity index is 1.59. The minimum absolute atomic E-state index is 0.00652. The average molecular weight is 364 g/mol. The van der Waals surface area contributed by atoms with Gasteiger partial charge in [0.05, 0.1) is 4.92 Å². The van der Waals surface area contributed by atoms with Crippen molar-refractivity contribution in [2.75, 3.05) is 12.1 Å². The number of rotatable bonds is 5. The van der Waals surface area contributed by atoms with Crippen LogP contribution in [-0.4, -0.2) is 16.7 Å². The molecule has 1 N–H and O–H groups in total. The number of nitrogens with one attached hydrogen (secondary N) is 1. The lowest BCUT2D eigenvalue weighted by Crippen LogP contribution is -1.99. The molecule has 0 saturated heterocycles. The summed E-state index contributed by atoms with van der Waals surface area (Å²) in [6.45, 7) is 0.531. The van der Waals surface area contributed by atoms with E-state index in [1.54, 1.807) is 18.2 Å². The number of hydrogen-bond acceptors (Lipinski definition) is 8. The first-order valence-electron chi connectivity index (χ1n) is 7.93. The van der Waals surface area contributed by atoms with Crippen LogP contribution in [0.15, 0.2) is 46.9 Å². The quantitative estimate of drug-likeness (QED) is 0.539. The van der Waals surface area contributed by atoms with Crippen molar-refractivity contribution in [3.63, 3.8) is 0 Å². The van der Waals surface area contributed by atoms with E-state index in [9.17, 15) is 15.4 Å². The minimum Gasteiger partial charge on any atom is -0.454 e. The molecule has 134 valence electrons. The summed E-state index contributed by atoms with van der Waals surface area (Å²) in [4.78, 5) is 14.7. The third-order valence-electron chi connectivity index (χ3n) is 3.95. The molecule has 0 radical (unpaired) electrons. The molecule has 1 aliphatic heterocycles. The number of nitro groups is 1. The van der Waals surface area contributed by atoms with Gasteiger partial charge < -0.3 is 19.2 Å². The van der Waals surface area contributed by atoms with Crippen LogP contribution in [0.3, 0.4) is 0 Å². The summed E-state index contributed by atoms with van der Waals surface area (Å²) in [5.41, 5.74) is 0.955. The van der Waals surface area contributed by atoms with Crippen molar-refractivity contribution in [3.05, 3.63) is 63.8 Å². The van der Waals surface area contributed by atoms with Crippen molar-refractivity contribution < 1.29 is 18.8 Å². The van der Waals surface area contributed by atoms with Crippen LogP contribution in [-0.2, 0) is 6.54 Å². The monoisotopic (exact) mass is 364 g/mol. The number of ether oxygens (including phenoxy) is 2. The zero-order valence-corrected chi connectivity index (χ0v) is 13.8. The van der Waals surface area contributed by atoms with E-state index in [1.165, 1.54) is 12.1 Å². The predicted molar refractivity (Wildman–Crippen MR) is 93.2 cm³/mol. The molecule has 27 heavy (non-hydrogen) atoms. The summed E-state index contributed by atoms with van der Waals surface area (Å²) in [5, 5.41) is 23.5. The Morgan fingerprint density at radius 1 is 1.22 bits per heavy atom. The summed E-state index contributed by atoms with van der Waals surface area (Å²) in [7, 11) is 0. The maximum atomic E-state index is 11.2. The van der Waals surface area contributed by atoms with Gasteiger partial charge in [0, 0.05) is 12.6 Å². The number of nitriles is 1. The van der Waals surface area contributed by atoms with Gasteiger partial charge >= 0.3 is 0 Å². The first-order valence-corrected chi connectivity index (χ1v) is 7.93. The molecule has 9 heteroatoms. The van der Waals surface area contributed by atoms with E-state index in [2.05, 4.69) is 10.3 Å². The maximum Gasteiger partial charge on any atom is 0.282 e. The number of para-hydroxylation sites is 1. The van der Waals surface area contributed by atoms with Crippen LogP contribution in [0.5, 0.6) is 11.5 Å². The minimum atomic E-state index is -0.523. The molecule has 0 amide bonds. The van der Waals surface area contributed by atoms with Gasteiger partial charge in [0.2, 0.25) is 24.3 Å². The third-order valence-corrected chi connectivity index (χ3v) is 3.95. The lowest BCUT2D eigenvalue weighted by Gasteiger charge is -2.04. The molecular formula is C18H12N4O5. The van der Waals surface area contributed by atoms with Gasteiger partial charge in [0.25, 0.3) is 5.69 Å². The number of aromatic nitrogens is 1. The Morgan fingerprint density at radius 2 is 2.04 bits per heavy atom. The number of oxazole rings is 1. The molecule has 0 atom stereocenters. The molecule has 0 unspecified atom stereocenters. The van der Waals surface area contributed by atoms with Gasteiger partial charge in [-0.15, -0.1) is 0 Å². The van der Waals surface area contributed by atoms with Gasteiger partial charge in [-0.3, -0.25) is 10.1 Å². The fraction of sp³-hybridized carbons (Fsp3) is 0.111. The van der Waals surface area contributed by atoms with Crippen molar-refractivity contribution >= 4 is 11.6 Å². The van der Waals surface area contributed by atoms with Crippen LogP contribution in [0.25, 0.3) is 11.5 Å². The molecule has 2 heterocycles. The van der Waals surface area contributed by atoms with Crippen molar-refractivity contribution in [3.8, 4) is 29.0 Å². The van der Waals surface area contributed by atoms with Gasteiger partial charge in [-0.2, -0.15) is 10.2 Å². The zero-order chi connectivity index (χ0) is 18.8. The molecule has 1 aromatic heterocycles. The van der Waals surface area contributed by atoms with Crippen LogP contribution in [0, 0.1) is 21.4 Å². The van der Waals surface area contributed by atoms with Crippen molar-refractivity contribution in [1.29, 1.82) is 5.26 Å². The second kappa shape index (κ2) is 6.68. The first-order chi connectivity index (χ1) is 13.2. The van der Waals surface area contributed by atoms with E-state index in [-0.39, 0.29) is 35.5 Å². The van der Waals surface area contributed by atoms with E-state index in [0.717, 1.165) is 5.56 Å². The van der Waals surface area contributed by atoms with E-state index in [4.69, 9.17) is 13.9 Å². The van der Waals surface area contributed by atoms with Crippen LogP contribution in [0.2, 0.25) is 0 Å². The van der Waals surface area contributed by atoms with Gasteiger partial charge in [0.1, 0.15) is 11.6 Å². The molecule has 2 aromatic carbocycles. The molecule has 0 saturated carbocycles. The first kappa shape index (κ1) is 16.4. The molecule has 0 spiro atoms. The molecular weight excluding hydrogens is 352 g/mol. The van der Waals surface area contributed by atoms with Crippen molar-refractivity contribution in [1.82, 2.24) is 4.98 Å². The normalized spacial score (nSPS) is 11.8. The summed E-state index contributed by atoms with van der Waals surface area (Å²) in [5.74, 6) is 1.47. The van der Waals surface area contributed by atoms with Gasteiger partial charge in [-0.25, -0.2) is 0 Å². The molecule has 0 fully saturated rings. The van der Waals surface area contributed by atoms with E-state index in [0.29, 0.717) is 18.0 Å². The Kier molecular flexibility index (Phi) is 4.06. The number of benzene rings is 2. The van der Waals surface area contributed by atoms with Crippen LogP contribution in [0.4, 0.5) is 11.6 Å². The van der Waals surface area contributed by atoms with Gasteiger partial charge in [-0.1, -0.05) is 18.2 Å². The second-order valence-corrected chi connectivity index (χ2v) is 5.62. The standard InChI is InChI=1S/C18H12N4O5/c19-8-13-18(20-9-11-5-6-15-16(7-11)26-10-25-15)27-17(21-13)12-3-1-2-4-14(12)22(23)24/h1-7,20H,9-10H2. The highest BCUT2D eigenvalue weighted by atomic mass is 16.7. The zero-order valence-electron chi connectivity index (χ0n) is 13.8. The Labute approximate surface area is 152 Å². The topological polar surface area (TPSA) is 123 Å². The highest BCUT2D eigenvalue weighted by molar-refractivity contribution is 5.68. The Hall–Kier alpha value is -4.06. The molecule has 0 aliphatic carbocycles. The van der Waals surface area contributed by atoms with E-state index in [1.807, 2.05) is 18.2 Å². The van der Waals surface area contributed by atoms with Crippen molar-refractivity contribution in [2.45, 2.75) is 6.54 Å². The largest absolute Gasteiger partial charge is 0.454 e. The van der Waals surface area contributed by atoms with Gasteiger partial charge in [-0.05, 0) is 23.8 Å². The van der Waals surface area contributed by atoms with Crippen LogP contribution >= 0.6 is 0 Å². The highest BCUT2D eigenvalue weighted by Gasteiger charge is 2.22. The highest BCUT2D eigenvalue weighted by Crippen LogP contribution is 2.34. The van der Waals surface area contributed by atoms with Crippen molar-refractivity contribution in [2.24, 2.45) is 0 Å². The number of fused-ring (bicyclic) bond motifs is 1. The fourth-order valence-corrected chi connectivity index (χ4v) is 2.68. The SMILES string of the molecule is N#Cc1nc(-c2ccccc2[N+](=O)[O-])oc1NCc1ccc2c(c1)OCO2. The molecule has 9 nitrogen and oxygen atoms in total. The fourth-order valence-electron chi connectivity index (χ4n) is 2.68. The number of nitro benzene ring substituents is 1. The Morgan fingerprint density at radius 3 is 2.85 bits per heavy atom. The molecule has 0 bridgehead atoms. The Bertz CT molecular complexity index is 1070. The summed E-state index contributed by atoms with van der Waals surface area (Å²) < 4.78 is 16.2. The number of anilines is 1. The van der Waals surface area contributed by atoms with E-state index < -0.39 is 4.92 Å². The smallest absolute Gasteiger partial charge is 0.282 e. The lowest BCUT2D eigenvalue weighted by molar-refractivity contribution is -0.384. The van der Waals surface area contributed by atoms with Crippen LogP contribution in [0.1, 0.15) is 11.3 Å². The summed E-state index contributed by atoms with van der Waals surface area (Å²) in [6, 6.07) is 13.5.